The van der Waals surface area contributed by atoms with Crippen LogP contribution in [0.4, 0.5) is 29.1 Å². The van der Waals surface area contributed by atoms with Gasteiger partial charge in [-0.3, -0.25) is 9.78 Å². The number of nitrogens with zero attached hydrogens (tertiary/aromatic N) is 4. The number of carbonyl (C=O) groups is 1. The van der Waals surface area contributed by atoms with Gasteiger partial charge in [0.15, 0.2) is 0 Å². The van der Waals surface area contributed by atoms with Gasteiger partial charge in [0.2, 0.25) is 5.91 Å². The molecule has 0 radical (unpaired) electrons. The number of amides is 1. The zero-order valence-corrected chi connectivity index (χ0v) is 18.7. The highest BCUT2D eigenvalue weighted by molar-refractivity contribution is 6.33. The Hall–Kier alpha value is -3.20. The van der Waals surface area contributed by atoms with Gasteiger partial charge in [-0.15, -0.1) is 0 Å². The number of pyridine rings is 2. The molecule has 0 spiro atoms. The van der Waals surface area contributed by atoms with Gasteiger partial charge in [0, 0.05) is 37.1 Å². The van der Waals surface area contributed by atoms with Crippen molar-refractivity contribution in [3.8, 4) is 0 Å². The summed E-state index contributed by atoms with van der Waals surface area (Å²) < 4.78 is 52.1. The fourth-order valence-electron chi connectivity index (χ4n) is 3.95. The van der Waals surface area contributed by atoms with Gasteiger partial charge < -0.3 is 9.80 Å². The Labute approximate surface area is 199 Å². The van der Waals surface area contributed by atoms with Crippen molar-refractivity contribution >= 4 is 29.0 Å². The van der Waals surface area contributed by atoms with E-state index in [0.717, 1.165) is 12.3 Å². The van der Waals surface area contributed by atoms with Gasteiger partial charge >= 0.3 is 6.18 Å². The topological polar surface area (TPSA) is 49.3 Å². The Morgan fingerprint density at radius 2 is 1.79 bits per heavy atom. The van der Waals surface area contributed by atoms with E-state index in [2.05, 4.69) is 9.97 Å². The number of halogens is 5. The number of carbonyl (C=O) groups excluding carboxylic acids is 1. The van der Waals surface area contributed by atoms with Crippen LogP contribution in [-0.2, 0) is 17.5 Å². The second-order valence-electron chi connectivity index (χ2n) is 8.01. The molecule has 0 atom stereocenters. The lowest BCUT2D eigenvalue weighted by molar-refractivity contribution is -0.137. The van der Waals surface area contributed by atoms with Gasteiger partial charge in [-0.1, -0.05) is 17.7 Å². The minimum absolute atomic E-state index is 0.0808. The van der Waals surface area contributed by atoms with E-state index >= 15 is 0 Å². The van der Waals surface area contributed by atoms with Crippen molar-refractivity contribution in [2.45, 2.75) is 25.6 Å². The van der Waals surface area contributed by atoms with Gasteiger partial charge in [0.1, 0.15) is 11.6 Å². The van der Waals surface area contributed by atoms with E-state index in [4.69, 9.17) is 11.6 Å². The second kappa shape index (κ2) is 9.97. The summed E-state index contributed by atoms with van der Waals surface area (Å²) in [4.78, 5) is 25.1. The molecule has 2 aromatic heterocycles. The predicted molar refractivity (Wildman–Crippen MR) is 121 cm³/mol. The van der Waals surface area contributed by atoms with Crippen LogP contribution in [0.25, 0.3) is 0 Å². The van der Waals surface area contributed by atoms with Crippen LogP contribution in [0.5, 0.6) is 0 Å². The van der Waals surface area contributed by atoms with Gasteiger partial charge in [-0.05, 0) is 55.3 Å². The molecule has 1 aliphatic rings. The van der Waals surface area contributed by atoms with Crippen molar-refractivity contribution < 1.29 is 22.4 Å². The molecule has 1 aromatic carbocycles. The maximum Gasteiger partial charge on any atom is 0.417 e. The summed E-state index contributed by atoms with van der Waals surface area (Å²) in [6, 6.07) is 12.0. The highest BCUT2D eigenvalue weighted by atomic mass is 35.5. The molecule has 3 heterocycles. The Bertz CT molecular complexity index is 1130. The van der Waals surface area contributed by atoms with Crippen molar-refractivity contribution in [1.82, 2.24) is 9.97 Å². The average Bonchev–Trinajstić information content (AvgIpc) is 2.83. The molecule has 0 bridgehead atoms. The standard InChI is InChI=1S/C24H21ClF4N4O/c25-21-13-17(24(27,28)29)14-31-22(21)32-11-8-16(9-12-32)23(34)33(15-19-3-1-2-10-30-19)20-6-4-18(26)5-7-20/h1-7,10,13-14,16H,8-9,11-12,15H2. The number of benzene rings is 1. The van der Waals surface area contributed by atoms with Crippen molar-refractivity contribution in [2.75, 3.05) is 22.9 Å². The lowest BCUT2D eigenvalue weighted by Gasteiger charge is -2.35. The van der Waals surface area contributed by atoms with Crippen molar-refractivity contribution in [3.05, 3.63) is 83.0 Å². The van der Waals surface area contributed by atoms with Gasteiger partial charge in [-0.25, -0.2) is 9.37 Å². The summed E-state index contributed by atoms with van der Waals surface area (Å²) in [5, 5.41) is -0.0808. The van der Waals surface area contributed by atoms with Crippen LogP contribution in [0.1, 0.15) is 24.1 Å². The molecule has 0 N–H and O–H groups in total. The van der Waals surface area contributed by atoms with Gasteiger partial charge in [0.25, 0.3) is 0 Å². The predicted octanol–water partition coefficient (Wildman–Crippen LogP) is 5.74. The van der Waals surface area contributed by atoms with E-state index < -0.39 is 17.6 Å². The third kappa shape index (κ3) is 5.47. The third-order valence-electron chi connectivity index (χ3n) is 5.74. The Kier molecular flexibility index (Phi) is 7.02. The van der Waals surface area contributed by atoms with Crippen molar-refractivity contribution in [2.24, 2.45) is 5.92 Å². The lowest BCUT2D eigenvalue weighted by Crippen LogP contribution is -2.43. The number of hydrogen-bond acceptors (Lipinski definition) is 4. The molecule has 0 aliphatic carbocycles. The Balaban J connectivity index is 1.48. The zero-order chi connectivity index (χ0) is 24.3. The molecule has 4 rings (SSSR count). The third-order valence-corrected chi connectivity index (χ3v) is 6.02. The van der Waals surface area contributed by atoms with E-state index in [1.807, 2.05) is 12.1 Å². The molecule has 3 aromatic rings. The van der Waals surface area contributed by atoms with Gasteiger partial charge in [0.05, 0.1) is 22.8 Å². The first kappa shape index (κ1) is 23.9. The first-order valence-corrected chi connectivity index (χ1v) is 11.0. The van der Waals surface area contributed by atoms with Crippen LogP contribution in [0, 0.1) is 11.7 Å². The van der Waals surface area contributed by atoms with Crippen molar-refractivity contribution in [1.29, 1.82) is 0 Å². The summed E-state index contributed by atoms with van der Waals surface area (Å²) in [6.45, 7) is 1.06. The SMILES string of the molecule is O=C(C1CCN(c2ncc(C(F)(F)F)cc2Cl)CC1)N(Cc1ccccn1)c1ccc(F)cc1. The van der Waals surface area contributed by atoms with E-state index in [0.29, 0.717) is 37.3 Å². The Morgan fingerprint density at radius 3 is 2.38 bits per heavy atom. The Morgan fingerprint density at radius 1 is 1.09 bits per heavy atom. The van der Waals surface area contributed by atoms with Crippen molar-refractivity contribution in [3.63, 3.8) is 0 Å². The van der Waals surface area contributed by atoms with Crippen LogP contribution < -0.4 is 9.80 Å². The molecule has 34 heavy (non-hydrogen) atoms. The zero-order valence-electron chi connectivity index (χ0n) is 18.0. The lowest BCUT2D eigenvalue weighted by atomic mass is 9.94. The highest BCUT2D eigenvalue weighted by Crippen LogP contribution is 2.35. The minimum Gasteiger partial charge on any atom is -0.355 e. The fraction of sp³-hybridized carbons (Fsp3) is 0.292. The first-order chi connectivity index (χ1) is 16.2. The molecule has 0 unspecified atom stereocenters. The maximum absolute atomic E-state index is 13.5. The van der Waals surface area contributed by atoms with Crippen LogP contribution in [0.3, 0.4) is 0 Å². The minimum atomic E-state index is -4.52. The summed E-state index contributed by atoms with van der Waals surface area (Å²) in [7, 11) is 0. The molecule has 1 amide bonds. The normalized spacial score (nSPS) is 14.8. The average molecular weight is 493 g/mol. The summed E-state index contributed by atoms with van der Waals surface area (Å²) in [5.74, 6) is -0.575. The smallest absolute Gasteiger partial charge is 0.355 e. The number of alkyl halides is 3. The monoisotopic (exact) mass is 492 g/mol. The van der Waals surface area contributed by atoms with E-state index in [1.165, 1.54) is 12.1 Å². The summed E-state index contributed by atoms with van der Waals surface area (Å²) in [6.07, 6.45) is -1.18. The van der Waals surface area contributed by atoms with E-state index in [1.54, 1.807) is 34.2 Å². The number of aromatic nitrogens is 2. The molecule has 178 valence electrons. The largest absolute Gasteiger partial charge is 0.417 e. The number of piperidine rings is 1. The quantitative estimate of drug-likeness (QED) is 0.426. The highest BCUT2D eigenvalue weighted by Gasteiger charge is 2.34. The van der Waals surface area contributed by atoms with Crippen LogP contribution in [0.2, 0.25) is 5.02 Å². The van der Waals surface area contributed by atoms with Gasteiger partial charge in [-0.2, -0.15) is 13.2 Å². The number of hydrogen-bond donors (Lipinski definition) is 0. The molecule has 0 saturated carbocycles. The van der Waals surface area contributed by atoms with E-state index in [9.17, 15) is 22.4 Å². The molecule has 1 fully saturated rings. The molecule has 1 saturated heterocycles. The van der Waals surface area contributed by atoms with Crippen LogP contribution >= 0.6 is 11.6 Å². The van der Waals surface area contributed by atoms with Crippen LogP contribution in [-0.4, -0.2) is 29.0 Å². The molecular formula is C24H21ClF4N4O. The number of rotatable bonds is 5. The van der Waals surface area contributed by atoms with E-state index in [-0.39, 0.29) is 29.2 Å². The summed E-state index contributed by atoms with van der Waals surface area (Å²) in [5.41, 5.74) is 0.348. The fourth-order valence-corrected chi connectivity index (χ4v) is 4.23. The molecular weight excluding hydrogens is 472 g/mol. The first-order valence-electron chi connectivity index (χ1n) is 10.7. The molecule has 1 aliphatic heterocycles. The molecule has 10 heteroatoms. The summed E-state index contributed by atoms with van der Waals surface area (Å²) >= 11 is 6.08. The molecule has 5 nitrogen and oxygen atoms in total. The second-order valence-corrected chi connectivity index (χ2v) is 8.42. The van der Waals surface area contributed by atoms with Crippen LogP contribution in [0.15, 0.2) is 60.9 Å². The maximum atomic E-state index is 13.5. The number of anilines is 2.